The summed E-state index contributed by atoms with van der Waals surface area (Å²) in [5, 5.41) is 8.50. The summed E-state index contributed by atoms with van der Waals surface area (Å²) in [4.78, 5) is 10.3. The molecule has 76 valence electrons. The first-order valence-corrected chi connectivity index (χ1v) is 4.60. The molecule has 0 heterocycles. The molecule has 13 heavy (non-hydrogen) atoms. The fourth-order valence-electron chi connectivity index (χ4n) is 0.795. The average Bonchev–Trinajstić information content (AvgIpc) is 2.11. The number of rotatable bonds is 7. The molecule has 0 aliphatic heterocycles. The summed E-state index contributed by atoms with van der Waals surface area (Å²) in [6.07, 6.45) is 2.49. The number of hydrogen-bond acceptors (Lipinski definition) is 2. The van der Waals surface area contributed by atoms with Crippen molar-refractivity contribution in [3.05, 3.63) is 12.2 Å². The van der Waals surface area contributed by atoms with Gasteiger partial charge < -0.3 is 9.84 Å². The van der Waals surface area contributed by atoms with Gasteiger partial charge in [0.25, 0.3) is 0 Å². The van der Waals surface area contributed by atoms with E-state index >= 15 is 0 Å². The van der Waals surface area contributed by atoms with E-state index in [4.69, 9.17) is 9.84 Å². The van der Waals surface area contributed by atoms with E-state index in [-0.39, 0.29) is 11.7 Å². The Morgan fingerprint density at radius 3 is 2.69 bits per heavy atom. The molecule has 0 aliphatic carbocycles. The van der Waals surface area contributed by atoms with E-state index in [0.29, 0.717) is 13.0 Å². The smallest absolute Gasteiger partial charge is 0.330 e. The van der Waals surface area contributed by atoms with E-state index in [1.54, 1.807) is 0 Å². The summed E-state index contributed by atoms with van der Waals surface area (Å²) >= 11 is 0. The van der Waals surface area contributed by atoms with Crippen LogP contribution in [-0.2, 0) is 9.53 Å². The van der Waals surface area contributed by atoms with Crippen molar-refractivity contribution in [1.82, 2.24) is 0 Å². The Balaban J connectivity index is 3.36. The number of carbonyl (C=O) groups is 1. The fourth-order valence-corrected chi connectivity index (χ4v) is 0.795. The molecule has 1 unspecified atom stereocenters. The van der Waals surface area contributed by atoms with Crippen molar-refractivity contribution in [2.45, 2.75) is 39.2 Å². The van der Waals surface area contributed by atoms with Crippen LogP contribution in [0.3, 0.4) is 0 Å². The fraction of sp³-hybridized carbons (Fsp3) is 0.700. The summed E-state index contributed by atoms with van der Waals surface area (Å²) in [6.45, 7) is 8.11. The van der Waals surface area contributed by atoms with Gasteiger partial charge in [-0.15, -0.1) is 0 Å². The molecule has 0 radical (unpaired) electrons. The Bertz CT molecular complexity index is 175. The van der Waals surface area contributed by atoms with Crippen molar-refractivity contribution < 1.29 is 14.6 Å². The van der Waals surface area contributed by atoms with E-state index in [2.05, 4.69) is 13.5 Å². The van der Waals surface area contributed by atoms with Gasteiger partial charge in [0.2, 0.25) is 0 Å². The molecule has 0 aromatic heterocycles. The van der Waals surface area contributed by atoms with Gasteiger partial charge in [-0.05, 0) is 26.2 Å². The highest BCUT2D eigenvalue weighted by molar-refractivity contribution is 5.85. The van der Waals surface area contributed by atoms with Gasteiger partial charge >= 0.3 is 5.97 Å². The summed E-state index contributed by atoms with van der Waals surface area (Å²) in [7, 11) is 0. The summed E-state index contributed by atoms with van der Waals surface area (Å²) in [5.41, 5.74) is 0.257. The van der Waals surface area contributed by atoms with Crippen molar-refractivity contribution in [3.63, 3.8) is 0 Å². The van der Waals surface area contributed by atoms with Gasteiger partial charge in [-0.3, -0.25) is 0 Å². The van der Waals surface area contributed by atoms with Crippen molar-refractivity contribution >= 4 is 5.97 Å². The van der Waals surface area contributed by atoms with Gasteiger partial charge in [0.15, 0.2) is 0 Å². The van der Waals surface area contributed by atoms with Gasteiger partial charge in [-0.2, -0.15) is 0 Å². The second kappa shape index (κ2) is 6.66. The third-order valence-electron chi connectivity index (χ3n) is 1.90. The maximum absolute atomic E-state index is 10.3. The molecule has 0 aliphatic rings. The van der Waals surface area contributed by atoms with E-state index in [1.165, 1.54) is 0 Å². The van der Waals surface area contributed by atoms with Gasteiger partial charge in [-0.1, -0.05) is 13.5 Å². The molecule has 0 aromatic carbocycles. The number of carboxylic acid groups (broad SMARTS) is 1. The van der Waals surface area contributed by atoms with Crippen LogP contribution in [0.5, 0.6) is 0 Å². The quantitative estimate of drug-likeness (QED) is 0.490. The molecule has 0 amide bonds. The highest BCUT2D eigenvalue weighted by atomic mass is 16.5. The van der Waals surface area contributed by atoms with E-state index in [1.807, 2.05) is 6.92 Å². The van der Waals surface area contributed by atoms with Gasteiger partial charge in [0.05, 0.1) is 6.10 Å². The number of hydrogen-bond donors (Lipinski definition) is 1. The molecule has 1 atom stereocenters. The van der Waals surface area contributed by atoms with Crippen molar-refractivity contribution in [2.75, 3.05) is 6.61 Å². The SMILES string of the molecule is C=C(CCCOC(C)CC)C(=O)O. The van der Waals surface area contributed by atoms with Crippen LogP contribution in [0.2, 0.25) is 0 Å². The third-order valence-corrected chi connectivity index (χ3v) is 1.90. The molecular formula is C10H18O3. The minimum absolute atomic E-state index is 0.257. The second-order valence-corrected chi connectivity index (χ2v) is 3.10. The Morgan fingerprint density at radius 1 is 1.62 bits per heavy atom. The average molecular weight is 186 g/mol. The second-order valence-electron chi connectivity index (χ2n) is 3.10. The molecule has 1 N–H and O–H groups in total. The van der Waals surface area contributed by atoms with Crippen LogP contribution in [0.4, 0.5) is 0 Å². The number of ether oxygens (including phenoxy) is 1. The lowest BCUT2D eigenvalue weighted by Crippen LogP contribution is -2.08. The van der Waals surface area contributed by atoms with Gasteiger partial charge in [-0.25, -0.2) is 4.79 Å². The van der Waals surface area contributed by atoms with Crippen LogP contribution in [0.1, 0.15) is 33.1 Å². The summed E-state index contributed by atoms with van der Waals surface area (Å²) in [5.74, 6) is -0.913. The standard InChI is InChI=1S/C10H18O3/c1-4-9(3)13-7-5-6-8(2)10(11)12/h9H,2,4-7H2,1,3H3,(H,11,12). The van der Waals surface area contributed by atoms with Crippen LogP contribution in [0.25, 0.3) is 0 Å². The highest BCUT2D eigenvalue weighted by Crippen LogP contribution is 2.04. The first-order chi connectivity index (χ1) is 6.07. The zero-order valence-electron chi connectivity index (χ0n) is 8.38. The molecule has 0 bridgehead atoms. The Labute approximate surface area is 79.4 Å². The lowest BCUT2D eigenvalue weighted by molar-refractivity contribution is -0.132. The van der Waals surface area contributed by atoms with Crippen LogP contribution in [0, 0.1) is 0 Å². The van der Waals surface area contributed by atoms with Gasteiger partial charge in [0.1, 0.15) is 0 Å². The molecule has 3 nitrogen and oxygen atoms in total. The van der Waals surface area contributed by atoms with Gasteiger partial charge in [0, 0.05) is 12.2 Å². The van der Waals surface area contributed by atoms with E-state index < -0.39 is 5.97 Å². The molecule has 3 heteroatoms. The zero-order chi connectivity index (χ0) is 10.3. The molecule has 0 saturated heterocycles. The van der Waals surface area contributed by atoms with Crippen LogP contribution < -0.4 is 0 Å². The van der Waals surface area contributed by atoms with E-state index in [9.17, 15) is 4.79 Å². The first kappa shape index (κ1) is 12.2. The molecule has 0 aromatic rings. The largest absolute Gasteiger partial charge is 0.478 e. The normalized spacial score (nSPS) is 12.5. The number of aliphatic carboxylic acids is 1. The minimum Gasteiger partial charge on any atom is -0.478 e. The topological polar surface area (TPSA) is 46.5 Å². The molecule has 0 rings (SSSR count). The molecular weight excluding hydrogens is 168 g/mol. The zero-order valence-corrected chi connectivity index (χ0v) is 8.38. The lowest BCUT2D eigenvalue weighted by Gasteiger charge is -2.09. The predicted molar refractivity (Wildman–Crippen MR) is 51.7 cm³/mol. The van der Waals surface area contributed by atoms with Crippen LogP contribution in [0.15, 0.2) is 12.2 Å². The Kier molecular flexibility index (Phi) is 6.24. The van der Waals surface area contributed by atoms with Crippen molar-refractivity contribution in [3.8, 4) is 0 Å². The van der Waals surface area contributed by atoms with Crippen molar-refractivity contribution in [1.29, 1.82) is 0 Å². The van der Waals surface area contributed by atoms with Crippen LogP contribution in [-0.4, -0.2) is 23.8 Å². The van der Waals surface area contributed by atoms with E-state index in [0.717, 1.165) is 12.8 Å². The predicted octanol–water partition coefficient (Wildman–Crippen LogP) is 2.22. The number of carboxylic acids is 1. The maximum atomic E-state index is 10.3. The maximum Gasteiger partial charge on any atom is 0.330 e. The highest BCUT2D eigenvalue weighted by Gasteiger charge is 2.03. The Morgan fingerprint density at radius 2 is 2.23 bits per heavy atom. The molecule has 0 saturated carbocycles. The monoisotopic (exact) mass is 186 g/mol. The third kappa shape index (κ3) is 6.34. The molecule has 0 fully saturated rings. The van der Waals surface area contributed by atoms with Crippen LogP contribution >= 0.6 is 0 Å². The lowest BCUT2D eigenvalue weighted by atomic mass is 10.2. The van der Waals surface area contributed by atoms with Crippen molar-refractivity contribution in [2.24, 2.45) is 0 Å². The summed E-state index contributed by atoms with van der Waals surface area (Å²) < 4.78 is 5.39. The molecule has 0 spiro atoms. The minimum atomic E-state index is -0.913. The Hall–Kier alpha value is -0.830. The first-order valence-electron chi connectivity index (χ1n) is 4.60. The summed E-state index contributed by atoms with van der Waals surface area (Å²) in [6, 6.07) is 0.